The number of hydrogen-bond donors (Lipinski definition) is 1. The molecule has 1 aromatic heterocycles. The van der Waals surface area contributed by atoms with E-state index in [0.29, 0.717) is 57.6 Å². The van der Waals surface area contributed by atoms with Crippen LogP contribution in [-0.2, 0) is 23.1 Å². The summed E-state index contributed by atoms with van der Waals surface area (Å²) in [5.41, 5.74) is 2.22. The molecule has 3 heterocycles. The van der Waals surface area contributed by atoms with Gasteiger partial charge < -0.3 is 24.8 Å². The summed E-state index contributed by atoms with van der Waals surface area (Å²) in [6.45, 7) is 4.46. The summed E-state index contributed by atoms with van der Waals surface area (Å²) in [6.07, 6.45) is 3.52. The number of nitrogens with one attached hydrogen (secondary N) is 1. The number of aromatic nitrogens is 2. The van der Waals surface area contributed by atoms with Gasteiger partial charge in [0.05, 0.1) is 30.8 Å². The number of benzene rings is 1. The Kier molecular flexibility index (Phi) is 8.29. The smallest absolute Gasteiger partial charge is 0.246 e. The number of carbonyl (C=O) groups excluding carboxylic acids is 1. The summed E-state index contributed by atoms with van der Waals surface area (Å²) in [4.78, 5) is 22.6. The Hall–Kier alpha value is -2.41. The minimum atomic E-state index is -0.239. The molecule has 4 rings (SSSR count). The minimum Gasteiger partial charge on any atom is -0.378 e. The molecule has 2 aromatic rings. The van der Waals surface area contributed by atoms with Crippen LogP contribution >= 0.6 is 24.0 Å². The number of guanidine groups is 1. The molecule has 0 bridgehead atoms. The molecule has 32 heavy (non-hydrogen) atoms. The Labute approximate surface area is 204 Å². The van der Waals surface area contributed by atoms with Gasteiger partial charge in [-0.25, -0.2) is 4.39 Å². The minimum absolute atomic E-state index is 0. The van der Waals surface area contributed by atoms with E-state index in [0.717, 1.165) is 11.3 Å². The molecule has 11 heteroatoms. The predicted molar refractivity (Wildman–Crippen MR) is 132 cm³/mol. The predicted octanol–water partition coefficient (Wildman–Crippen LogP) is 1.44. The molecule has 1 amide bonds. The van der Waals surface area contributed by atoms with Crippen molar-refractivity contribution in [2.24, 2.45) is 12.0 Å². The van der Waals surface area contributed by atoms with Crippen molar-refractivity contribution in [3.05, 3.63) is 42.0 Å². The van der Waals surface area contributed by atoms with Crippen molar-refractivity contribution in [3.63, 3.8) is 0 Å². The van der Waals surface area contributed by atoms with Crippen LogP contribution in [0.25, 0.3) is 0 Å². The largest absolute Gasteiger partial charge is 0.378 e. The fourth-order valence-electron chi connectivity index (χ4n) is 3.91. The number of rotatable bonds is 4. The molecular formula is C21H29FIN7O2. The molecule has 2 aliphatic rings. The van der Waals surface area contributed by atoms with E-state index in [1.807, 2.05) is 35.2 Å². The zero-order valence-corrected chi connectivity index (χ0v) is 20.7. The van der Waals surface area contributed by atoms with Crippen molar-refractivity contribution in [2.45, 2.75) is 6.54 Å². The molecule has 9 nitrogen and oxygen atoms in total. The number of ether oxygens (including phenoxy) is 1. The number of halogens is 2. The van der Waals surface area contributed by atoms with Crippen molar-refractivity contribution in [1.82, 2.24) is 20.0 Å². The summed E-state index contributed by atoms with van der Waals surface area (Å²) in [5, 5.41) is 7.39. The van der Waals surface area contributed by atoms with Crippen LogP contribution in [-0.4, -0.2) is 79.5 Å². The van der Waals surface area contributed by atoms with Gasteiger partial charge in [0.1, 0.15) is 12.4 Å². The molecule has 1 aromatic carbocycles. The second-order valence-electron chi connectivity index (χ2n) is 7.63. The number of aryl methyl sites for hydroxylation is 1. The summed E-state index contributed by atoms with van der Waals surface area (Å²) in [7, 11) is 3.51. The zero-order valence-electron chi connectivity index (χ0n) is 18.3. The van der Waals surface area contributed by atoms with Crippen LogP contribution in [0.3, 0.4) is 0 Å². The van der Waals surface area contributed by atoms with E-state index in [2.05, 4.69) is 15.4 Å². The quantitative estimate of drug-likeness (QED) is 0.349. The van der Waals surface area contributed by atoms with Crippen molar-refractivity contribution in [3.8, 4) is 0 Å². The Balaban J connectivity index is 0.00000289. The summed E-state index contributed by atoms with van der Waals surface area (Å²) >= 11 is 0. The second-order valence-corrected chi connectivity index (χ2v) is 7.63. The maximum absolute atomic E-state index is 14.6. The molecule has 0 unspecified atom stereocenters. The number of nitrogens with zero attached hydrogens (tertiary/aromatic N) is 6. The monoisotopic (exact) mass is 557 g/mol. The third-order valence-corrected chi connectivity index (χ3v) is 5.55. The number of amides is 1. The molecule has 2 saturated heterocycles. The van der Waals surface area contributed by atoms with Crippen molar-refractivity contribution >= 4 is 47.2 Å². The van der Waals surface area contributed by atoms with Gasteiger partial charge in [-0.05, 0) is 17.7 Å². The lowest BCUT2D eigenvalue weighted by atomic mass is 10.1. The maximum atomic E-state index is 14.6. The molecule has 0 spiro atoms. The van der Waals surface area contributed by atoms with Crippen molar-refractivity contribution < 1.29 is 13.9 Å². The number of hydrogen-bond acceptors (Lipinski definition) is 5. The first-order valence-corrected chi connectivity index (χ1v) is 10.4. The van der Waals surface area contributed by atoms with Crippen LogP contribution in [0.5, 0.6) is 0 Å². The first-order chi connectivity index (χ1) is 15.0. The SMILES string of the molecule is CN=C(NCc1ccc(N2CCOCC2)c(F)c1)N1CCN(c2cnn(C)c2)C(=O)C1.I. The van der Waals surface area contributed by atoms with E-state index in [4.69, 9.17) is 4.74 Å². The average molecular weight is 557 g/mol. The number of anilines is 2. The zero-order chi connectivity index (χ0) is 21.8. The lowest BCUT2D eigenvalue weighted by Crippen LogP contribution is -2.55. The number of piperazine rings is 1. The lowest BCUT2D eigenvalue weighted by Gasteiger charge is -2.35. The van der Waals surface area contributed by atoms with Crippen LogP contribution < -0.4 is 15.1 Å². The van der Waals surface area contributed by atoms with Gasteiger partial charge in [0.15, 0.2) is 5.96 Å². The van der Waals surface area contributed by atoms with Gasteiger partial charge in [-0.15, -0.1) is 24.0 Å². The molecule has 0 saturated carbocycles. The Morgan fingerprint density at radius 2 is 2.03 bits per heavy atom. The summed E-state index contributed by atoms with van der Waals surface area (Å²) < 4.78 is 21.7. The van der Waals surface area contributed by atoms with E-state index in [9.17, 15) is 9.18 Å². The molecule has 174 valence electrons. The average Bonchev–Trinajstić information content (AvgIpc) is 3.21. The summed E-state index contributed by atoms with van der Waals surface area (Å²) in [6, 6.07) is 5.28. The molecule has 0 radical (unpaired) electrons. The van der Waals surface area contributed by atoms with E-state index < -0.39 is 0 Å². The van der Waals surface area contributed by atoms with Gasteiger partial charge in [0, 0.05) is 53.0 Å². The fraction of sp³-hybridized carbons (Fsp3) is 0.476. The highest BCUT2D eigenvalue weighted by molar-refractivity contribution is 14.0. The molecule has 0 atom stereocenters. The van der Waals surface area contributed by atoms with Gasteiger partial charge in [0.2, 0.25) is 5.91 Å². The molecule has 2 fully saturated rings. The standard InChI is InChI=1S/C21H28FN7O2.HI/c1-23-21(28-5-6-29(20(30)15-28)17-13-25-26(2)14-17)24-12-16-3-4-19(18(22)11-16)27-7-9-31-10-8-27;/h3-4,11,13-14H,5-10,12,15H2,1-2H3,(H,23,24);1H. The van der Waals surface area contributed by atoms with Crippen LogP contribution in [0.15, 0.2) is 35.6 Å². The van der Waals surface area contributed by atoms with Crippen LogP contribution in [0.1, 0.15) is 5.56 Å². The van der Waals surface area contributed by atoms with Crippen molar-refractivity contribution in [1.29, 1.82) is 0 Å². The number of carbonyl (C=O) groups is 1. The highest BCUT2D eigenvalue weighted by atomic mass is 127. The molecule has 0 aliphatic carbocycles. The van der Waals surface area contributed by atoms with E-state index in [1.54, 1.807) is 28.9 Å². The molecule has 2 aliphatic heterocycles. The molecule has 1 N–H and O–H groups in total. The van der Waals surface area contributed by atoms with Gasteiger partial charge in [-0.2, -0.15) is 5.10 Å². The van der Waals surface area contributed by atoms with Gasteiger partial charge >= 0.3 is 0 Å². The second kappa shape index (κ2) is 10.9. The summed E-state index contributed by atoms with van der Waals surface area (Å²) in [5.74, 6) is 0.372. The third kappa shape index (κ3) is 5.49. The Bertz CT molecular complexity index is 961. The van der Waals surface area contributed by atoms with Gasteiger partial charge in [0.25, 0.3) is 0 Å². The Morgan fingerprint density at radius 3 is 2.66 bits per heavy atom. The third-order valence-electron chi connectivity index (χ3n) is 5.55. The van der Waals surface area contributed by atoms with Crippen LogP contribution in [0.4, 0.5) is 15.8 Å². The highest BCUT2D eigenvalue weighted by Gasteiger charge is 2.27. The molecular weight excluding hydrogens is 528 g/mol. The number of aliphatic imine (C=N–C) groups is 1. The van der Waals surface area contributed by atoms with Crippen molar-refractivity contribution in [2.75, 3.05) is 62.8 Å². The van der Waals surface area contributed by atoms with Crippen LogP contribution in [0.2, 0.25) is 0 Å². The topological polar surface area (TPSA) is 78.2 Å². The van der Waals surface area contributed by atoms with E-state index in [-0.39, 0.29) is 42.2 Å². The maximum Gasteiger partial charge on any atom is 0.246 e. The normalized spacial score (nSPS) is 17.4. The van der Waals surface area contributed by atoms with Crippen LogP contribution in [0, 0.1) is 5.82 Å². The highest BCUT2D eigenvalue weighted by Crippen LogP contribution is 2.22. The Morgan fingerprint density at radius 1 is 1.25 bits per heavy atom. The number of morpholine rings is 1. The van der Waals surface area contributed by atoms with E-state index >= 15 is 0 Å². The first kappa shape index (κ1) is 24.2. The first-order valence-electron chi connectivity index (χ1n) is 10.4. The van der Waals surface area contributed by atoms with Gasteiger partial charge in [-0.1, -0.05) is 6.07 Å². The van der Waals surface area contributed by atoms with E-state index in [1.165, 1.54) is 0 Å². The van der Waals surface area contributed by atoms with Gasteiger partial charge in [-0.3, -0.25) is 14.5 Å². The fourth-order valence-corrected chi connectivity index (χ4v) is 3.91. The lowest BCUT2D eigenvalue weighted by molar-refractivity contribution is -0.120.